The first-order valence-corrected chi connectivity index (χ1v) is 12.8. The molecule has 0 aliphatic carbocycles. The van der Waals surface area contributed by atoms with Crippen LogP contribution in [-0.2, 0) is 0 Å². The van der Waals surface area contributed by atoms with Gasteiger partial charge in [-0.2, -0.15) is 5.10 Å². The number of nitrogens with one attached hydrogen (secondary N) is 1. The van der Waals surface area contributed by atoms with Crippen molar-refractivity contribution in [1.82, 2.24) is 24.3 Å². The number of rotatable bonds is 7. The van der Waals surface area contributed by atoms with E-state index in [0.717, 1.165) is 6.33 Å². The van der Waals surface area contributed by atoms with E-state index in [0.29, 0.717) is 32.0 Å². The Balaban J connectivity index is 1.48. The summed E-state index contributed by atoms with van der Waals surface area (Å²) in [4.78, 5) is 34.3. The minimum absolute atomic E-state index is 0.00401. The summed E-state index contributed by atoms with van der Waals surface area (Å²) < 4.78 is 42.9. The summed E-state index contributed by atoms with van der Waals surface area (Å²) in [6, 6.07) is 12.8. The van der Waals surface area contributed by atoms with Gasteiger partial charge in [0.15, 0.2) is 5.69 Å². The fourth-order valence-electron chi connectivity index (χ4n) is 4.32. The fourth-order valence-corrected chi connectivity index (χ4v) is 4.44. The fraction of sp³-hybridized carbons (Fsp3) is 0.179. The number of hydrogen-bond acceptors (Lipinski definition) is 6. The molecule has 1 amide bonds. The predicted octanol–water partition coefficient (Wildman–Crippen LogP) is 6.12. The number of aromatic nitrogens is 5. The van der Waals surface area contributed by atoms with Crippen LogP contribution < -0.4 is 16.5 Å². The normalized spacial score (nSPS) is 12.3. The number of carbonyl (C=O) groups is 1. The molecular formula is C28H23ClF3N7O2. The van der Waals surface area contributed by atoms with Gasteiger partial charge in [0, 0.05) is 40.3 Å². The predicted molar refractivity (Wildman–Crippen MR) is 151 cm³/mol. The van der Waals surface area contributed by atoms with Crippen LogP contribution in [0, 0.1) is 0 Å². The molecule has 1 atom stereocenters. The van der Waals surface area contributed by atoms with Crippen molar-refractivity contribution < 1.29 is 18.0 Å². The maximum absolute atomic E-state index is 14.3. The number of hydrogen-bond donors (Lipinski definition) is 2. The Morgan fingerprint density at radius 1 is 0.951 bits per heavy atom. The molecule has 1 unspecified atom stereocenters. The Bertz CT molecular complexity index is 1800. The summed E-state index contributed by atoms with van der Waals surface area (Å²) in [6.45, 7) is 3.73. The van der Waals surface area contributed by atoms with Crippen molar-refractivity contribution in [3.8, 4) is 22.3 Å². The van der Waals surface area contributed by atoms with Crippen molar-refractivity contribution >= 4 is 40.0 Å². The van der Waals surface area contributed by atoms with Gasteiger partial charge in [0.05, 0.1) is 5.39 Å². The van der Waals surface area contributed by atoms with Gasteiger partial charge < -0.3 is 11.1 Å². The Hall–Kier alpha value is -4.71. The van der Waals surface area contributed by atoms with Crippen LogP contribution >= 0.6 is 11.6 Å². The maximum atomic E-state index is 14.3. The molecule has 210 valence electrons. The highest BCUT2D eigenvalue weighted by Crippen LogP contribution is 2.36. The average Bonchev–Trinajstić information content (AvgIpc) is 3.34. The van der Waals surface area contributed by atoms with E-state index in [1.807, 2.05) is 13.8 Å². The number of nitrogens with two attached hydrogens (primary N) is 1. The quantitative estimate of drug-likeness (QED) is 0.239. The Kier molecular flexibility index (Phi) is 7.50. The highest BCUT2D eigenvalue weighted by molar-refractivity contribution is 6.30. The van der Waals surface area contributed by atoms with Gasteiger partial charge in [0.2, 0.25) is 11.7 Å². The van der Waals surface area contributed by atoms with Gasteiger partial charge in [-0.05, 0) is 49.2 Å². The van der Waals surface area contributed by atoms with Crippen molar-refractivity contribution in [1.29, 1.82) is 0 Å². The molecule has 5 aromatic rings. The molecule has 2 aromatic carbocycles. The first-order valence-electron chi connectivity index (χ1n) is 12.4. The van der Waals surface area contributed by atoms with Gasteiger partial charge in [-0.1, -0.05) is 35.9 Å². The molecule has 0 fully saturated rings. The molecule has 0 bridgehead atoms. The third kappa shape index (κ3) is 5.38. The zero-order valence-electron chi connectivity index (χ0n) is 21.7. The molecule has 0 aliphatic heterocycles. The number of alkyl halides is 3. The lowest BCUT2D eigenvalue weighted by Gasteiger charge is -2.14. The second kappa shape index (κ2) is 11.0. The molecule has 41 heavy (non-hydrogen) atoms. The van der Waals surface area contributed by atoms with Gasteiger partial charge in [-0.15, -0.1) is 0 Å². The standard InChI is InChI=1S/C28H23ClF3N7O2/c1-14(2)39-12-20(16-3-7-17(29)8-4-16)23(40)22(37-39)28(41)36-18-9-5-15(6-10-18)19-11-38(25(32)24(30)31)27-21(19)26(33)34-13-35-27/h3-14,24-25H,1-2H3,(H,36,41)(H2,33,34,35). The Morgan fingerprint density at radius 2 is 1.59 bits per heavy atom. The number of anilines is 2. The van der Waals surface area contributed by atoms with Crippen molar-refractivity contribution in [3.05, 3.63) is 88.2 Å². The van der Waals surface area contributed by atoms with E-state index >= 15 is 0 Å². The first-order chi connectivity index (χ1) is 19.5. The number of fused-ring (bicyclic) bond motifs is 1. The number of carbonyl (C=O) groups excluding carboxylic acids is 1. The van der Waals surface area contributed by atoms with E-state index in [4.69, 9.17) is 17.3 Å². The molecule has 0 aliphatic rings. The molecule has 9 nitrogen and oxygen atoms in total. The molecule has 3 heterocycles. The molecule has 0 saturated carbocycles. The lowest BCUT2D eigenvalue weighted by atomic mass is 10.1. The van der Waals surface area contributed by atoms with Crippen LogP contribution in [0.1, 0.15) is 36.7 Å². The number of nitrogen functional groups attached to an aromatic ring is 1. The molecular weight excluding hydrogens is 559 g/mol. The summed E-state index contributed by atoms with van der Waals surface area (Å²) >= 11 is 5.99. The molecule has 3 aromatic heterocycles. The van der Waals surface area contributed by atoms with Gasteiger partial charge in [-0.25, -0.2) is 23.1 Å². The smallest absolute Gasteiger partial charge is 0.288 e. The Labute approximate surface area is 236 Å². The van der Waals surface area contributed by atoms with Gasteiger partial charge >= 0.3 is 0 Å². The van der Waals surface area contributed by atoms with Crippen LogP contribution in [0.15, 0.2) is 72.0 Å². The third-order valence-corrected chi connectivity index (χ3v) is 6.65. The summed E-state index contributed by atoms with van der Waals surface area (Å²) in [5.74, 6) is -0.727. The maximum Gasteiger partial charge on any atom is 0.288 e. The molecule has 13 heteroatoms. The minimum atomic E-state index is -3.28. The number of benzene rings is 2. The largest absolute Gasteiger partial charge is 0.383 e. The molecule has 0 saturated heterocycles. The van der Waals surface area contributed by atoms with Gasteiger partial charge in [0.25, 0.3) is 12.3 Å². The van der Waals surface area contributed by atoms with Crippen LogP contribution in [-0.4, -0.2) is 36.6 Å². The summed E-state index contributed by atoms with van der Waals surface area (Å²) in [7, 11) is 0. The first kappa shape index (κ1) is 27.8. The minimum Gasteiger partial charge on any atom is -0.383 e. The summed E-state index contributed by atoms with van der Waals surface area (Å²) in [6.07, 6.45) is -2.06. The van der Waals surface area contributed by atoms with Crippen molar-refractivity contribution in [2.24, 2.45) is 0 Å². The second-order valence-electron chi connectivity index (χ2n) is 9.45. The van der Waals surface area contributed by atoms with E-state index in [9.17, 15) is 22.8 Å². The lowest BCUT2D eigenvalue weighted by molar-refractivity contribution is 0.0104. The number of nitrogens with zero attached hydrogens (tertiary/aromatic N) is 5. The number of amides is 1. The highest BCUT2D eigenvalue weighted by Gasteiger charge is 2.26. The van der Waals surface area contributed by atoms with Crippen LogP contribution in [0.25, 0.3) is 33.3 Å². The molecule has 5 rings (SSSR count). The number of halogens is 4. The third-order valence-electron chi connectivity index (χ3n) is 6.40. The van der Waals surface area contributed by atoms with Crippen LogP contribution in [0.5, 0.6) is 0 Å². The Morgan fingerprint density at radius 3 is 2.22 bits per heavy atom. The molecule has 0 radical (unpaired) electrons. The van der Waals surface area contributed by atoms with Gasteiger partial charge in [0.1, 0.15) is 17.8 Å². The zero-order chi connectivity index (χ0) is 29.4. The molecule has 0 spiro atoms. The van der Waals surface area contributed by atoms with Crippen LogP contribution in [0.2, 0.25) is 5.02 Å². The van der Waals surface area contributed by atoms with Crippen LogP contribution in [0.4, 0.5) is 24.7 Å². The zero-order valence-corrected chi connectivity index (χ0v) is 22.5. The molecule has 3 N–H and O–H groups in total. The average molecular weight is 582 g/mol. The summed E-state index contributed by atoms with van der Waals surface area (Å²) in [5, 5.41) is 7.64. The topological polar surface area (TPSA) is 121 Å². The van der Waals surface area contributed by atoms with E-state index < -0.39 is 24.1 Å². The monoisotopic (exact) mass is 581 g/mol. The highest BCUT2D eigenvalue weighted by atomic mass is 35.5. The van der Waals surface area contributed by atoms with E-state index in [1.165, 1.54) is 10.9 Å². The van der Waals surface area contributed by atoms with Gasteiger partial charge in [-0.3, -0.25) is 18.8 Å². The van der Waals surface area contributed by atoms with Crippen molar-refractivity contribution in [2.45, 2.75) is 32.6 Å². The SMILES string of the molecule is CC(C)n1cc(-c2ccc(Cl)cc2)c(=O)c(C(=O)Nc2ccc(-c3cn(C(F)C(F)F)c4ncnc(N)c34)cc2)n1. The van der Waals surface area contributed by atoms with Crippen molar-refractivity contribution in [3.63, 3.8) is 0 Å². The second-order valence-corrected chi connectivity index (χ2v) is 9.88. The van der Waals surface area contributed by atoms with E-state index in [-0.39, 0.29) is 34.2 Å². The van der Waals surface area contributed by atoms with Crippen molar-refractivity contribution in [2.75, 3.05) is 11.1 Å². The summed E-state index contributed by atoms with van der Waals surface area (Å²) in [5.41, 5.74) is 7.06. The lowest BCUT2D eigenvalue weighted by Crippen LogP contribution is -2.28. The van der Waals surface area contributed by atoms with Crippen LogP contribution in [0.3, 0.4) is 0 Å². The van der Waals surface area contributed by atoms with E-state index in [2.05, 4.69) is 20.4 Å². The van der Waals surface area contributed by atoms with E-state index in [1.54, 1.807) is 54.7 Å².